The minimum atomic E-state index is -0.314. The van der Waals surface area contributed by atoms with Crippen molar-refractivity contribution < 1.29 is 10.2 Å². The highest BCUT2D eigenvalue weighted by molar-refractivity contribution is 5.53. The Morgan fingerprint density at radius 2 is 1.94 bits per heavy atom. The number of hydrogen-bond donors (Lipinski definition) is 3. The SMILES string of the molecule is CCN(CC)c1ccc([C@@H](N)CCO)c(O)c1. The highest BCUT2D eigenvalue weighted by Gasteiger charge is 2.12. The summed E-state index contributed by atoms with van der Waals surface area (Å²) in [5, 5.41) is 18.8. The summed E-state index contributed by atoms with van der Waals surface area (Å²) in [6.45, 7) is 5.98. The largest absolute Gasteiger partial charge is 0.508 e. The summed E-state index contributed by atoms with van der Waals surface area (Å²) in [5.41, 5.74) is 7.55. The van der Waals surface area contributed by atoms with E-state index in [9.17, 15) is 5.11 Å². The minimum absolute atomic E-state index is 0.0262. The monoisotopic (exact) mass is 238 g/mol. The van der Waals surface area contributed by atoms with Crippen molar-refractivity contribution in [3.8, 4) is 5.75 Å². The van der Waals surface area contributed by atoms with Crippen molar-refractivity contribution in [2.75, 3.05) is 24.6 Å². The van der Waals surface area contributed by atoms with Crippen LogP contribution in [0.1, 0.15) is 31.9 Å². The average molecular weight is 238 g/mol. The molecule has 0 aromatic heterocycles. The molecule has 4 nitrogen and oxygen atoms in total. The van der Waals surface area contributed by atoms with E-state index in [0.29, 0.717) is 12.0 Å². The molecule has 0 fully saturated rings. The van der Waals surface area contributed by atoms with Crippen molar-refractivity contribution in [1.29, 1.82) is 0 Å². The van der Waals surface area contributed by atoms with Gasteiger partial charge in [-0.05, 0) is 26.3 Å². The van der Waals surface area contributed by atoms with Crippen LogP contribution < -0.4 is 10.6 Å². The summed E-state index contributed by atoms with van der Waals surface area (Å²) in [7, 11) is 0. The molecule has 1 atom stereocenters. The van der Waals surface area contributed by atoms with Crippen LogP contribution in [-0.4, -0.2) is 29.9 Å². The number of nitrogens with two attached hydrogens (primary N) is 1. The van der Waals surface area contributed by atoms with E-state index in [1.165, 1.54) is 0 Å². The van der Waals surface area contributed by atoms with Crippen LogP contribution >= 0.6 is 0 Å². The second kappa shape index (κ2) is 6.47. The molecule has 0 saturated carbocycles. The fraction of sp³-hybridized carbons (Fsp3) is 0.538. The summed E-state index contributed by atoms with van der Waals surface area (Å²) < 4.78 is 0. The van der Waals surface area contributed by atoms with Crippen LogP contribution in [0, 0.1) is 0 Å². The molecule has 4 heteroatoms. The Balaban J connectivity index is 2.92. The number of phenols is 1. The van der Waals surface area contributed by atoms with E-state index in [1.54, 1.807) is 6.07 Å². The first-order chi connectivity index (χ1) is 8.13. The first-order valence-electron chi connectivity index (χ1n) is 6.08. The van der Waals surface area contributed by atoms with Crippen molar-refractivity contribution in [3.63, 3.8) is 0 Å². The van der Waals surface area contributed by atoms with Crippen LogP contribution in [0.2, 0.25) is 0 Å². The standard InChI is InChI=1S/C13H22N2O2/c1-3-15(4-2)10-5-6-11(13(17)9-10)12(14)7-8-16/h5-6,9,12,16-17H,3-4,7-8,14H2,1-2H3/t12-/m0/s1. The van der Waals surface area contributed by atoms with Gasteiger partial charge in [0, 0.05) is 43.1 Å². The predicted molar refractivity (Wildman–Crippen MR) is 70.3 cm³/mol. The molecule has 1 rings (SSSR count). The number of nitrogens with zero attached hydrogens (tertiary/aromatic N) is 1. The Morgan fingerprint density at radius 1 is 1.29 bits per heavy atom. The number of phenolic OH excluding ortho intramolecular Hbond substituents is 1. The number of anilines is 1. The second-order valence-electron chi connectivity index (χ2n) is 4.03. The number of aromatic hydroxyl groups is 1. The lowest BCUT2D eigenvalue weighted by atomic mass is 10.0. The molecule has 0 unspecified atom stereocenters. The van der Waals surface area contributed by atoms with Gasteiger partial charge < -0.3 is 20.8 Å². The third kappa shape index (κ3) is 3.35. The lowest BCUT2D eigenvalue weighted by Crippen LogP contribution is -2.22. The summed E-state index contributed by atoms with van der Waals surface area (Å²) in [4.78, 5) is 2.15. The Labute approximate surface area is 103 Å². The van der Waals surface area contributed by atoms with E-state index < -0.39 is 0 Å². The highest BCUT2D eigenvalue weighted by atomic mass is 16.3. The second-order valence-corrected chi connectivity index (χ2v) is 4.03. The van der Waals surface area contributed by atoms with E-state index in [1.807, 2.05) is 12.1 Å². The van der Waals surface area contributed by atoms with Crippen molar-refractivity contribution in [3.05, 3.63) is 23.8 Å². The van der Waals surface area contributed by atoms with Gasteiger partial charge in [0.05, 0.1) is 0 Å². The minimum Gasteiger partial charge on any atom is -0.508 e. The van der Waals surface area contributed by atoms with Gasteiger partial charge in [-0.1, -0.05) is 6.07 Å². The van der Waals surface area contributed by atoms with Gasteiger partial charge in [0.15, 0.2) is 0 Å². The molecule has 0 aliphatic heterocycles. The molecule has 0 saturated heterocycles. The topological polar surface area (TPSA) is 69.7 Å². The third-order valence-corrected chi connectivity index (χ3v) is 2.98. The molecule has 4 N–H and O–H groups in total. The number of benzene rings is 1. The van der Waals surface area contributed by atoms with Crippen LogP contribution in [0.3, 0.4) is 0 Å². The molecule has 0 heterocycles. The number of rotatable bonds is 6. The van der Waals surface area contributed by atoms with E-state index >= 15 is 0 Å². The Hall–Kier alpha value is -1.26. The Kier molecular flexibility index (Phi) is 5.25. The number of aliphatic hydroxyl groups excluding tert-OH is 1. The van der Waals surface area contributed by atoms with Gasteiger partial charge in [-0.2, -0.15) is 0 Å². The zero-order valence-electron chi connectivity index (χ0n) is 10.6. The summed E-state index contributed by atoms with van der Waals surface area (Å²) in [5.74, 6) is 0.204. The first-order valence-corrected chi connectivity index (χ1v) is 6.08. The van der Waals surface area contributed by atoms with Crippen molar-refractivity contribution in [1.82, 2.24) is 0 Å². The molecular formula is C13H22N2O2. The average Bonchev–Trinajstić information content (AvgIpc) is 2.31. The zero-order valence-corrected chi connectivity index (χ0v) is 10.6. The first kappa shape index (κ1) is 13.8. The van der Waals surface area contributed by atoms with Gasteiger partial charge in [-0.25, -0.2) is 0 Å². The molecule has 1 aromatic rings. The quantitative estimate of drug-likeness (QED) is 0.704. The van der Waals surface area contributed by atoms with E-state index in [0.717, 1.165) is 18.8 Å². The predicted octanol–water partition coefficient (Wildman–Crippen LogP) is 1.62. The van der Waals surface area contributed by atoms with Crippen molar-refractivity contribution >= 4 is 5.69 Å². The van der Waals surface area contributed by atoms with Crippen molar-refractivity contribution in [2.45, 2.75) is 26.3 Å². The van der Waals surface area contributed by atoms with Crippen molar-refractivity contribution in [2.24, 2.45) is 5.73 Å². The molecule has 1 aromatic carbocycles. The van der Waals surface area contributed by atoms with E-state index in [-0.39, 0.29) is 18.4 Å². The molecule has 0 spiro atoms. The fourth-order valence-electron chi connectivity index (χ4n) is 1.93. The van der Waals surface area contributed by atoms with Crippen LogP contribution in [-0.2, 0) is 0 Å². The third-order valence-electron chi connectivity index (χ3n) is 2.98. The molecule has 17 heavy (non-hydrogen) atoms. The molecule has 0 aliphatic carbocycles. The maximum absolute atomic E-state index is 9.94. The molecule has 96 valence electrons. The Bertz CT molecular complexity index is 351. The fourth-order valence-corrected chi connectivity index (χ4v) is 1.93. The van der Waals surface area contributed by atoms with Crippen LogP contribution in [0.5, 0.6) is 5.75 Å². The maximum Gasteiger partial charge on any atom is 0.122 e. The van der Waals surface area contributed by atoms with Gasteiger partial charge in [0.25, 0.3) is 0 Å². The summed E-state index contributed by atoms with van der Waals surface area (Å²) in [6.07, 6.45) is 0.457. The van der Waals surface area contributed by atoms with Gasteiger partial charge in [-0.15, -0.1) is 0 Å². The highest BCUT2D eigenvalue weighted by Crippen LogP contribution is 2.29. The smallest absolute Gasteiger partial charge is 0.122 e. The van der Waals surface area contributed by atoms with E-state index in [2.05, 4.69) is 18.7 Å². The van der Waals surface area contributed by atoms with Gasteiger partial charge in [0.2, 0.25) is 0 Å². The Morgan fingerprint density at radius 3 is 2.41 bits per heavy atom. The zero-order chi connectivity index (χ0) is 12.8. The van der Waals surface area contributed by atoms with Crippen LogP contribution in [0.15, 0.2) is 18.2 Å². The van der Waals surface area contributed by atoms with Gasteiger partial charge in [0.1, 0.15) is 5.75 Å². The molecular weight excluding hydrogens is 216 g/mol. The number of hydrogen-bond acceptors (Lipinski definition) is 4. The molecule has 0 aliphatic rings. The van der Waals surface area contributed by atoms with E-state index in [4.69, 9.17) is 10.8 Å². The summed E-state index contributed by atoms with van der Waals surface area (Å²) in [6, 6.07) is 5.22. The maximum atomic E-state index is 9.94. The van der Waals surface area contributed by atoms with Crippen LogP contribution in [0.4, 0.5) is 5.69 Å². The lowest BCUT2D eigenvalue weighted by molar-refractivity contribution is 0.275. The van der Waals surface area contributed by atoms with Gasteiger partial charge >= 0.3 is 0 Å². The van der Waals surface area contributed by atoms with Crippen LogP contribution in [0.25, 0.3) is 0 Å². The lowest BCUT2D eigenvalue weighted by Gasteiger charge is -2.22. The molecule has 0 radical (unpaired) electrons. The molecule has 0 bridgehead atoms. The summed E-state index contributed by atoms with van der Waals surface area (Å²) >= 11 is 0. The van der Waals surface area contributed by atoms with Gasteiger partial charge in [-0.3, -0.25) is 0 Å². The molecule has 0 amide bonds. The number of aliphatic hydroxyl groups is 1. The normalized spacial score (nSPS) is 12.5.